The van der Waals surface area contributed by atoms with Crippen LogP contribution in [0.5, 0.6) is 0 Å². The molecule has 16 heavy (non-hydrogen) atoms. The molecular formula is C13H25N3. The lowest BCUT2D eigenvalue weighted by molar-refractivity contribution is 0.207. The lowest BCUT2D eigenvalue weighted by atomic mass is 9.98. The molecule has 1 aliphatic heterocycles. The van der Waals surface area contributed by atoms with Crippen LogP contribution >= 0.6 is 0 Å². The van der Waals surface area contributed by atoms with Crippen LogP contribution in [0.2, 0.25) is 0 Å². The van der Waals surface area contributed by atoms with Crippen molar-refractivity contribution in [3.8, 4) is 0 Å². The molecule has 0 amide bonds. The molecule has 0 unspecified atom stereocenters. The second-order valence-electron chi connectivity index (χ2n) is 5.36. The molecule has 1 heterocycles. The number of nitrogens with one attached hydrogen (secondary N) is 1. The van der Waals surface area contributed by atoms with E-state index in [1.807, 2.05) is 0 Å². The van der Waals surface area contributed by atoms with Crippen molar-refractivity contribution in [2.24, 2.45) is 5.92 Å². The molecule has 0 atom stereocenters. The first-order valence-corrected chi connectivity index (χ1v) is 6.79. The van der Waals surface area contributed by atoms with Gasteiger partial charge in [-0.1, -0.05) is 25.7 Å². The zero-order chi connectivity index (χ0) is 11.4. The normalized spacial score (nSPS) is 25.4. The molecule has 1 N–H and O–H groups in total. The van der Waals surface area contributed by atoms with Crippen LogP contribution in [0.3, 0.4) is 0 Å². The molecule has 1 saturated carbocycles. The van der Waals surface area contributed by atoms with Gasteiger partial charge in [-0.2, -0.15) is 0 Å². The minimum atomic E-state index is 0.561. The smallest absolute Gasteiger partial charge is 0.0990 e. The van der Waals surface area contributed by atoms with E-state index in [4.69, 9.17) is 5.41 Å². The summed E-state index contributed by atoms with van der Waals surface area (Å²) < 4.78 is 0. The van der Waals surface area contributed by atoms with Gasteiger partial charge in [-0.3, -0.25) is 5.41 Å². The van der Waals surface area contributed by atoms with E-state index in [2.05, 4.69) is 16.8 Å². The molecule has 3 nitrogen and oxygen atoms in total. The minimum Gasteiger partial charge on any atom is -0.358 e. The number of nitrogens with zero attached hydrogens (tertiary/aromatic N) is 2. The Morgan fingerprint density at radius 3 is 2.06 bits per heavy atom. The minimum absolute atomic E-state index is 0.561. The molecule has 0 spiro atoms. The van der Waals surface area contributed by atoms with Crippen molar-refractivity contribution >= 4 is 5.84 Å². The Labute approximate surface area is 99.3 Å². The molecule has 0 aromatic heterocycles. The third-order valence-corrected chi connectivity index (χ3v) is 4.09. The van der Waals surface area contributed by atoms with E-state index >= 15 is 0 Å². The third-order valence-electron chi connectivity index (χ3n) is 4.09. The van der Waals surface area contributed by atoms with Crippen molar-refractivity contribution in [3.05, 3.63) is 0 Å². The van der Waals surface area contributed by atoms with Gasteiger partial charge in [-0.05, 0) is 19.9 Å². The summed E-state index contributed by atoms with van der Waals surface area (Å²) >= 11 is 0. The highest BCUT2D eigenvalue weighted by molar-refractivity contribution is 5.81. The fraction of sp³-hybridized carbons (Fsp3) is 0.923. The summed E-state index contributed by atoms with van der Waals surface area (Å²) in [6.45, 7) is 4.36. The summed E-state index contributed by atoms with van der Waals surface area (Å²) in [6, 6.07) is 0. The summed E-state index contributed by atoms with van der Waals surface area (Å²) in [5.74, 6) is 1.50. The summed E-state index contributed by atoms with van der Waals surface area (Å²) in [6.07, 6.45) is 7.94. The van der Waals surface area contributed by atoms with E-state index in [0.29, 0.717) is 5.92 Å². The average Bonchev–Trinajstić information content (AvgIpc) is 2.57. The van der Waals surface area contributed by atoms with Crippen molar-refractivity contribution in [1.29, 1.82) is 5.41 Å². The maximum atomic E-state index is 8.35. The molecule has 92 valence electrons. The Kier molecular flexibility index (Phi) is 4.22. The number of piperazine rings is 1. The van der Waals surface area contributed by atoms with Crippen molar-refractivity contribution in [2.45, 2.75) is 38.5 Å². The van der Waals surface area contributed by atoms with Gasteiger partial charge >= 0.3 is 0 Å². The Balaban J connectivity index is 1.85. The first-order valence-electron chi connectivity index (χ1n) is 6.79. The van der Waals surface area contributed by atoms with Crippen LogP contribution in [0.4, 0.5) is 0 Å². The van der Waals surface area contributed by atoms with E-state index < -0.39 is 0 Å². The highest BCUT2D eigenvalue weighted by atomic mass is 15.3. The molecule has 1 aliphatic carbocycles. The molecular weight excluding hydrogens is 198 g/mol. The third kappa shape index (κ3) is 2.97. The lowest BCUT2D eigenvalue weighted by Crippen LogP contribution is -2.48. The van der Waals surface area contributed by atoms with E-state index in [-0.39, 0.29) is 0 Å². The number of likely N-dealkylation sites (N-methyl/N-ethyl adjacent to an activating group) is 1. The van der Waals surface area contributed by atoms with Gasteiger partial charge in [0.05, 0.1) is 5.84 Å². The van der Waals surface area contributed by atoms with Crippen LogP contribution in [-0.2, 0) is 0 Å². The van der Waals surface area contributed by atoms with E-state index in [1.54, 1.807) is 0 Å². The van der Waals surface area contributed by atoms with Gasteiger partial charge in [0.25, 0.3) is 0 Å². The molecule has 0 radical (unpaired) electrons. The highest BCUT2D eigenvalue weighted by Crippen LogP contribution is 2.25. The Hall–Kier alpha value is -0.570. The van der Waals surface area contributed by atoms with Gasteiger partial charge < -0.3 is 9.80 Å². The standard InChI is InChI=1S/C13H25N3/c1-15-8-10-16(11-9-15)13(14)12-6-4-2-3-5-7-12/h12,14H,2-11H2,1H3. The monoisotopic (exact) mass is 223 g/mol. The second kappa shape index (κ2) is 5.67. The van der Waals surface area contributed by atoms with Crippen molar-refractivity contribution in [3.63, 3.8) is 0 Å². The SMILES string of the molecule is CN1CCN(C(=N)C2CCCCCC2)CC1. The highest BCUT2D eigenvalue weighted by Gasteiger charge is 2.23. The molecule has 0 aromatic carbocycles. The fourth-order valence-electron chi connectivity index (χ4n) is 2.86. The van der Waals surface area contributed by atoms with Gasteiger partial charge in [0, 0.05) is 32.1 Å². The number of hydrogen-bond acceptors (Lipinski definition) is 2. The molecule has 1 saturated heterocycles. The largest absolute Gasteiger partial charge is 0.358 e. The zero-order valence-corrected chi connectivity index (χ0v) is 10.5. The van der Waals surface area contributed by atoms with Crippen LogP contribution < -0.4 is 0 Å². The first kappa shape index (κ1) is 11.9. The number of amidine groups is 1. The maximum Gasteiger partial charge on any atom is 0.0990 e. The number of hydrogen-bond donors (Lipinski definition) is 1. The van der Waals surface area contributed by atoms with Gasteiger partial charge in [-0.15, -0.1) is 0 Å². The van der Waals surface area contributed by atoms with Crippen molar-refractivity contribution in [1.82, 2.24) is 9.80 Å². The second-order valence-corrected chi connectivity index (χ2v) is 5.36. The van der Waals surface area contributed by atoms with Crippen LogP contribution in [0, 0.1) is 11.3 Å². The van der Waals surface area contributed by atoms with Crippen LogP contribution in [0.15, 0.2) is 0 Å². The Bertz CT molecular complexity index is 223. The summed E-state index contributed by atoms with van der Waals surface area (Å²) in [5.41, 5.74) is 0. The van der Waals surface area contributed by atoms with E-state index in [1.165, 1.54) is 38.5 Å². The van der Waals surface area contributed by atoms with Crippen LogP contribution in [-0.4, -0.2) is 48.9 Å². The molecule has 0 bridgehead atoms. The molecule has 2 fully saturated rings. The van der Waals surface area contributed by atoms with E-state index in [9.17, 15) is 0 Å². The first-order chi connectivity index (χ1) is 7.77. The van der Waals surface area contributed by atoms with Crippen molar-refractivity contribution < 1.29 is 0 Å². The summed E-state index contributed by atoms with van der Waals surface area (Å²) in [4.78, 5) is 4.67. The van der Waals surface area contributed by atoms with Crippen LogP contribution in [0.25, 0.3) is 0 Å². The van der Waals surface area contributed by atoms with Gasteiger partial charge in [-0.25, -0.2) is 0 Å². The summed E-state index contributed by atoms with van der Waals surface area (Å²) in [5, 5.41) is 8.35. The molecule has 2 aliphatic rings. The average molecular weight is 223 g/mol. The Morgan fingerprint density at radius 2 is 1.50 bits per heavy atom. The van der Waals surface area contributed by atoms with Gasteiger partial charge in [0.1, 0.15) is 0 Å². The number of rotatable bonds is 1. The predicted molar refractivity (Wildman–Crippen MR) is 68.0 cm³/mol. The van der Waals surface area contributed by atoms with Gasteiger partial charge in [0.15, 0.2) is 0 Å². The maximum absolute atomic E-state index is 8.35. The van der Waals surface area contributed by atoms with Gasteiger partial charge in [0.2, 0.25) is 0 Å². The van der Waals surface area contributed by atoms with Crippen LogP contribution in [0.1, 0.15) is 38.5 Å². The molecule has 2 rings (SSSR count). The Morgan fingerprint density at radius 1 is 0.938 bits per heavy atom. The lowest BCUT2D eigenvalue weighted by Gasteiger charge is -2.36. The van der Waals surface area contributed by atoms with Crippen molar-refractivity contribution in [2.75, 3.05) is 33.2 Å². The van der Waals surface area contributed by atoms with E-state index in [0.717, 1.165) is 32.0 Å². The summed E-state index contributed by atoms with van der Waals surface area (Å²) in [7, 11) is 2.17. The molecule has 3 heteroatoms. The molecule has 0 aromatic rings. The fourth-order valence-corrected chi connectivity index (χ4v) is 2.86. The predicted octanol–water partition coefficient (Wildman–Crippen LogP) is 2.18. The quantitative estimate of drug-likeness (QED) is 0.419. The zero-order valence-electron chi connectivity index (χ0n) is 10.5. The topological polar surface area (TPSA) is 30.3 Å².